The van der Waals surface area contributed by atoms with Gasteiger partial charge in [0.1, 0.15) is 0 Å². The molecule has 0 aliphatic rings. The number of carbonyl (C=O) groups is 2. The lowest BCUT2D eigenvalue weighted by atomic mass is 9.97. The molecule has 5 nitrogen and oxygen atoms in total. The molecule has 0 unspecified atom stereocenters. The van der Waals surface area contributed by atoms with E-state index in [4.69, 9.17) is 4.74 Å². The van der Waals surface area contributed by atoms with E-state index < -0.39 is 12.1 Å². The molecule has 1 amide bonds. The minimum atomic E-state index is -0.903. The zero-order valence-electron chi connectivity index (χ0n) is 15.6. The minimum absolute atomic E-state index is 0.325. The molecule has 0 radical (unpaired) electrons. The molecule has 0 fully saturated rings. The maximum Gasteiger partial charge on any atom is 0.338 e. The van der Waals surface area contributed by atoms with E-state index in [0.29, 0.717) is 11.5 Å². The van der Waals surface area contributed by atoms with Crippen molar-refractivity contribution in [2.24, 2.45) is 0 Å². The molecule has 2 aromatic carbocycles. The molecule has 0 aliphatic heterocycles. The van der Waals surface area contributed by atoms with Gasteiger partial charge in [-0.2, -0.15) is 0 Å². The van der Waals surface area contributed by atoms with Crippen LogP contribution in [0.4, 0.5) is 5.69 Å². The predicted octanol–water partition coefficient (Wildman–Crippen LogP) is 4.99. The summed E-state index contributed by atoms with van der Waals surface area (Å²) in [5.41, 5.74) is 4.80. The van der Waals surface area contributed by atoms with Crippen molar-refractivity contribution >= 4 is 39.1 Å². The topological polar surface area (TPSA) is 68.3 Å². The second-order valence-electron chi connectivity index (χ2n) is 6.47. The van der Waals surface area contributed by atoms with Gasteiger partial charge in [-0.3, -0.25) is 4.79 Å². The summed E-state index contributed by atoms with van der Waals surface area (Å²) in [6.07, 6.45) is 0.0666. The maximum atomic E-state index is 12.5. The SMILES string of the molecule is CC[C@@H](C)c1ccccc1NC(=O)[C@H](C)OC(=O)c1ccc2ncsc2c1. The van der Waals surface area contributed by atoms with E-state index in [2.05, 4.69) is 24.1 Å². The van der Waals surface area contributed by atoms with Crippen LogP contribution in [0.25, 0.3) is 10.2 Å². The van der Waals surface area contributed by atoms with Crippen LogP contribution in [0.1, 0.15) is 49.0 Å². The number of esters is 1. The number of aromatic nitrogens is 1. The Morgan fingerprint density at radius 1 is 1.19 bits per heavy atom. The van der Waals surface area contributed by atoms with Crippen LogP contribution in [0.3, 0.4) is 0 Å². The van der Waals surface area contributed by atoms with E-state index >= 15 is 0 Å². The predicted molar refractivity (Wildman–Crippen MR) is 108 cm³/mol. The summed E-state index contributed by atoms with van der Waals surface area (Å²) in [6, 6.07) is 12.9. The Morgan fingerprint density at radius 3 is 2.74 bits per heavy atom. The summed E-state index contributed by atoms with van der Waals surface area (Å²) in [4.78, 5) is 29.1. The summed E-state index contributed by atoms with van der Waals surface area (Å²) < 4.78 is 6.26. The van der Waals surface area contributed by atoms with Crippen molar-refractivity contribution in [2.75, 3.05) is 5.32 Å². The Morgan fingerprint density at radius 2 is 1.96 bits per heavy atom. The molecule has 1 heterocycles. The van der Waals surface area contributed by atoms with Gasteiger partial charge < -0.3 is 10.1 Å². The second kappa shape index (κ2) is 8.31. The average Bonchev–Trinajstić information content (AvgIpc) is 3.15. The molecule has 0 saturated carbocycles. The largest absolute Gasteiger partial charge is 0.449 e. The van der Waals surface area contributed by atoms with Crippen LogP contribution in [0.15, 0.2) is 48.0 Å². The third-order valence-corrected chi connectivity index (χ3v) is 5.37. The number of amides is 1. The van der Waals surface area contributed by atoms with Crippen LogP contribution < -0.4 is 5.32 Å². The van der Waals surface area contributed by atoms with Gasteiger partial charge in [0.05, 0.1) is 21.3 Å². The van der Waals surface area contributed by atoms with E-state index in [0.717, 1.165) is 27.9 Å². The van der Waals surface area contributed by atoms with E-state index in [1.165, 1.54) is 11.3 Å². The Labute approximate surface area is 162 Å². The summed E-state index contributed by atoms with van der Waals surface area (Å²) in [5.74, 6) is -0.549. The number of nitrogens with one attached hydrogen (secondary N) is 1. The number of carbonyl (C=O) groups excluding carboxylic acids is 2. The first-order valence-electron chi connectivity index (χ1n) is 8.93. The molecule has 0 bridgehead atoms. The van der Waals surface area contributed by atoms with E-state index in [-0.39, 0.29) is 5.91 Å². The van der Waals surface area contributed by atoms with Crippen LogP contribution in [-0.4, -0.2) is 23.0 Å². The lowest BCUT2D eigenvalue weighted by Crippen LogP contribution is -2.30. The van der Waals surface area contributed by atoms with Gasteiger partial charge >= 0.3 is 5.97 Å². The van der Waals surface area contributed by atoms with Crippen molar-refractivity contribution in [2.45, 2.75) is 39.2 Å². The van der Waals surface area contributed by atoms with Gasteiger partial charge in [-0.15, -0.1) is 11.3 Å². The third kappa shape index (κ3) is 4.34. The second-order valence-corrected chi connectivity index (χ2v) is 7.35. The van der Waals surface area contributed by atoms with Gasteiger partial charge in [0, 0.05) is 5.69 Å². The van der Waals surface area contributed by atoms with Crippen molar-refractivity contribution in [1.29, 1.82) is 0 Å². The summed E-state index contributed by atoms with van der Waals surface area (Å²) in [6.45, 7) is 5.79. The molecular weight excluding hydrogens is 360 g/mol. The van der Waals surface area contributed by atoms with Gasteiger partial charge in [-0.05, 0) is 49.1 Å². The van der Waals surface area contributed by atoms with E-state index in [9.17, 15) is 9.59 Å². The number of anilines is 1. The summed E-state index contributed by atoms with van der Waals surface area (Å²) >= 11 is 1.45. The smallest absolute Gasteiger partial charge is 0.338 e. The van der Waals surface area contributed by atoms with E-state index in [1.54, 1.807) is 30.6 Å². The first-order valence-corrected chi connectivity index (χ1v) is 9.81. The number of rotatable bonds is 6. The molecule has 2 atom stereocenters. The fraction of sp³-hybridized carbons (Fsp3) is 0.286. The molecule has 27 heavy (non-hydrogen) atoms. The monoisotopic (exact) mass is 382 g/mol. The highest BCUT2D eigenvalue weighted by Crippen LogP contribution is 2.26. The summed E-state index contributed by atoms with van der Waals surface area (Å²) in [7, 11) is 0. The first kappa shape index (κ1) is 19.0. The highest BCUT2D eigenvalue weighted by atomic mass is 32.1. The number of benzene rings is 2. The van der Waals surface area contributed by atoms with Crippen LogP contribution in [-0.2, 0) is 9.53 Å². The normalized spacial score (nSPS) is 13.1. The van der Waals surface area contributed by atoms with Crippen LogP contribution >= 0.6 is 11.3 Å². The van der Waals surface area contributed by atoms with Crippen molar-refractivity contribution in [3.8, 4) is 0 Å². The molecule has 6 heteroatoms. The number of hydrogen-bond donors (Lipinski definition) is 1. The standard InChI is InChI=1S/C21H22N2O3S/c1-4-13(2)16-7-5-6-8-17(16)23-20(24)14(3)26-21(25)15-9-10-18-19(11-15)27-12-22-18/h5-14H,4H2,1-3H3,(H,23,24)/t13-,14+/m1/s1. The quantitative estimate of drug-likeness (QED) is 0.610. The number of ether oxygens (including phenoxy) is 1. The Balaban J connectivity index is 1.68. The van der Waals surface area contributed by atoms with Gasteiger partial charge in [-0.1, -0.05) is 32.0 Å². The molecule has 0 spiro atoms. The zero-order valence-corrected chi connectivity index (χ0v) is 16.4. The number of fused-ring (bicyclic) bond motifs is 1. The average molecular weight is 382 g/mol. The number of thiazole rings is 1. The first-order chi connectivity index (χ1) is 13.0. The molecule has 3 aromatic rings. The molecular formula is C21H22N2O3S. The third-order valence-electron chi connectivity index (χ3n) is 4.58. The lowest BCUT2D eigenvalue weighted by molar-refractivity contribution is -0.123. The van der Waals surface area contributed by atoms with Crippen LogP contribution in [0, 0.1) is 0 Å². The molecule has 0 saturated heterocycles. The van der Waals surface area contributed by atoms with Crippen LogP contribution in [0.2, 0.25) is 0 Å². The van der Waals surface area contributed by atoms with Crippen molar-refractivity contribution in [3.05, 3.63) is 59.1 Å². The highest BCUT2D eigenvalue weighted by molar-refractivity contribution is 7.16. The number of para-hydroxylation sites is 1. The summed E-state index contributed by atoms with van der Waals surface area (Å²) in [5, 5.41) is 2.88. The van der Waals surface area contributed by atoms with Gasteiger partial charge in [0.25, 0.3) is 5.91 Å². The molecule has 3 rings (SSSR count). The molecule has 1 aromatic heterocycles. The van der Waals surface area contributed by atoms with E-state index in [1.807, 2.05) is 24.3 Å². The molecule has 140 valence electrons. The maximum absolute atomic E-state index is 12.5. The molecule has 0 aliphatic carbocycles. The van der Waals surface area contributed by atoms with Crippen molar-refractivity contribution < 1.29 is 14.3 Å². The highest BCUT2D eigenvalue weighted by Gasteiger charge is 2.21. The zero-order chi connectivity index (χ0) is 19.4. The van der Waals surface area contributed by atoms with Crippen LogP contribution in [0.5, 0.6) is 0 Å². The van der Waals surface area contributed by atoms with Crippen molar-refractivity contribution in [3.63, 3.8) is 0 Å². The molecule has 1 N–H and O–H groups in total. The van der Waals surface area contributed by atoms with Gasteiger partial charge in [0.2, 0.25) is 0 Å². The number of hydrogen-bond acceptors (Lipinski definition) is 5. The van der Waals surface area contributed by atoms with Gasteiger partial charge in [-0.25, -0.2) is 9.78 Å². The Kier molecular flexibility index (Phi) is 5.86. The number of nitrogens with zero attached hydrogens (tertiary/aromatic N) is 1. The van der Waals surface area contributed by atoms with Gasteiger partial charge in [0.15, 0.2) is 6.10 Å². The Bertz CT molecular complexity index is 967. The fourth-order valence-corrected chi connectivity index (χ4v) is 3.48. The lowest BCUT2D eigenvalue weighted by Gasteiger charge is -2.18. The van der Waals surface area contributed by atoms with Crippen molar-refractivity contribution in [1.82, 2.24) is 4.98 Å². The minimum Gasteiger partial charge on any atom is -0.449 e. The Hall–Kier alpha value is -2.73. The fourth-order valence-electron chi connectivity index (χ4n) is 2.76.